The summed E-state index contributed by atoms with van der Waals surface area (Å²) in [6.45, 7) is 0. The van der Waals surface area contributed by atoms with Crippen molar-refractivity contribution < 1.29 is 0 Å². The topological polar surface area (TPSA) is 17.3 Å². The second-order valence-corrected chi connectivity index (χ2v) is 10.8. The number of rotatable bonds is 2. The Balaban J connectivity index is 1.32. The minimum atomic E-state index is 1.01. The van der Waals surface area contributed by atoms with Crippen molar-refractivity contribution in [3.8, 4) is 22.3 Å². The summed E-state index contributed by atoms with van der Waals surface area (Å²) in [5.74, 6) is 0. The standard InChI is InChI=1S/C39H24N2/c1-2-10-28-23-29(22-19-25(28)9-1)26-17-20-27(21-18-26)33-24-34-31-12-5-7-15-36(31)41-37-16-8-6-14-35(37)40-39(41)38(34)32-13-4-3-11-30(32)33/h1-24H. The van der Waals surface area contributed by atoms with Crippen LogP contribution in [0, 0.1) is 0 Å². The molecule has 0 radical (unpaired) electrons. The van der Waals surface area contributed by atoms with Crippen LogP contribution in [-0.4, -0.2) is 9.38 Å². The molecule has 190 valence electrons. The molecule has 7 aromatic carbocycles. The van der Waals surface area contributed by atoms with Crippen LogP contribution in [0.25, 0.3) is 82.2 Å². The maximum atomic E-state index is 5.18. The van der Waals surface area contributed by atoms with E-state index in [0.717, 1.165) is 16.7 Å². The molecular formula is C39H24N2. The Hall–Kier alpha value is -5.47. The smallest absolute Gasteiger partial charge is 0.147 e. The third-order valence-corrected chi connectivity index (χ3v) is 8.54. The summed E-state index contributed by atoms with van der Waals surface area (Å²) >= 11 is 0. The summed E-state index contributed by atoms with van der Waals surface area (Å²) in [5.41, 5.74) is 9.25. The maximum Gasteiger partial charge on any atom is 0.147 e. The van der Waals surface area contributed by atoms with Crippen LogP contribution in [0.5, 0.6) is 0 Å². The highest BCUT2D eigenvalue weighted by atomic mass is 15.0. The van der Waals surface area contributed by atoms with Gasteiger partial charge in [0.05, 0.1) is 16.6 Å². The van der Waals surface area contributed by atoms with E-state index in [2.05, 4.69) is 150 Å². The van der Waals surface area contributed by atoms with Gasteiger partial charge in [-0.1, -0.05) is 115 Å². The second kappa shape index (κ2) is 8.51. The maximum absolute atomic E-state index is 5.18. The van der Waals surface area contributed by atoms with E-state index in [1.54, 1.807) is 0 Å². The van der Waals surface area contributed by atoms with Gasteiger partial charge in [0.2, 0.25) is 0 Å². The quantitative estimate of drug-likeness (QED) is 0.207. The van der Waals surface area contributed by atoms with Crippen LogP contribution in [0.1, 0.15) is 0 Å². The van der Waals surface area contributed by atoms with Crippen molar-refractivity contribution in [3.05, 3.63) is 146 Å². The average molecular weight is 521 g/mol. The molecule has 9 rings (SSSR count). The van der Waals surface area contributed by atoms with Crippen LogP contribution in [0.3, 0.4) is 0 Å². The van der Waals surface area contributed by atoms with Crippen molar-refractivity contribution in [3.63, 3.8) is 0 Å². The van der Waals surface area contributed by atoms with Gasteiger partial charge in [0.1, 0.15) is 5.65 Å². The van der Waals surface area contributed by atoms with Crippen molar-refractivity contribution in [1.29, 1.82) is 0 Å². The molecule has 0 saturated heterocycles. The Kier molecular flexibility index (Phi) is 4.64. The zero-order valence-electron chi connectivity index (χ0n) is 22.3. The van der Waals surface area contributed by atoms with E-state index in [0.29, 0.717) is 0 Å². The molecule has 2 heteroatoms. The number of nitrogens with zero attached hydrogens (tertiary/aromatic N) is 2. The highest BCUT2D eigenvalue weighted by Gasteiger charge is 2.18. The Morgan fingerprint density at radius 1 is 0.415 bits per heavy atom. The summed E-state index contributed by atoms with van der Waals surface area (Å²) < 4.78 is 2.33. The van der Waals surface area contributed by atoms with Gasteiger partial charge < -0.3 is 0 Å². The second-order valence-electron chi connectivity index (χ2n) is 10.8. The molecule has 2 nitrogen and oxygen atoms in total. The van der Waals surface area contributed by atoms with E-state index in [-0.39, 0.29) is 0 Å². The van der Waals surface area contributed by atoms with Crippen molar-refractivity contribution >= 4 is 59.9 Å². The van der Waals surface area contributed by atoms with Crippen LogP contribution in [0.15, 0.2) is 146 Å². The Morgan fingerprint density at radius 3 is 1.90 bits per heavy atom. The predicted molar refractivity (Wildman–Crippen MR) is 174 cm³/mol. The molecule has 2 heterocycles. The number of fused-ring (bicyclic) bond motifs is 11. The first kappa shape index (κ1) is 22.4. The molecule has 9 aromatic rings. The first-order valence-corrected chi connectivity index (χ1v) is 14.1. The van der Waals surface area contributed by atoms with Crippen LogP contribution in [0.2, 0.25) is 0 Å². The lowest BCUT2D eigenvalue weighted by Crippen LogP contribution is -1.93. The highest BCUT2D eigenvalue weighted by molar-refractivity contribution is 6.25. The molecular weight excluding hydrogens is 496 g/mol. The van der Waals surface area contributed by atoms with E-state index in [1.165, 1.54) is 65.5 Å². The summed E-state index contributed by atoms with van der Waals surface area (Å²) in [4.78, 5) is 5.18. The molecule has 0 saturated carbocycles. The summed E-state index contributed by atoms with van der Waals surface area (Å²) in [5, 5.41) is 8.66. The zero-order chi connectivity index (χ0) is 26.9. The number of pyridine rings is 1. The molecule has 0 unspecified atom stereocenters. The zero-order valence-corrected chi connectivity index (χ0v) is 22.3. The first-order valence-electron chi connectivity index (χ1n) is 14.1. The van der Waals surface area contributed by atoms with Gasteiger partial charge >= 0.3 is 0 Å². The summed E-state index contributed by atoms with van der Waals surface area (Å²) in [6, 6.07) is 52.6. The van der Waals surface area contributed by atoms with Crippen LogP contribution in [0.4, 0.5) is 0 Å². The highest BCUT2D eigenvalue weighted by Crippen LogP contribution is 2.41. The molecule has 0 atom stereocenters. The Bertz CT molecular complexity index is 2460. The number of benzene rings is 7. The van der Waals surface area contributed by atoms with E-state index < -0.39 is 0 Å². The van der Waals surface area contributed by atoms with Gasteiger partial charge in [-0.15, -0.1) is 0 Å². The van der Waals surface area contributed by atoms with Crippen molar-refractivity contribution in [2.75, 3.05) is 0 Å². The van der Waals surface area contributed by atoms with Gasteiger partial charge in [0.15, 0.2) is 0 Å². The average Bonchev–Trinajstić information content (AvgIpc) is 3.44. The van der Waals surface area contributed by atoms with Crippen molar-refractivity contribution in [2.24, 2.45) is 0 Å². The van der Waals surface area contributed by atoms with Gasteiger partial charge in [0.25, 0.3) is 0 Å². The van der Waals surface area contributed by atoms with E-state index in [4.69, 9.17) is 4.98 Å². The number of para-hydroxylation sites is 3. The number of aromatic nitrogens is 2. The largest absolute Gasteiger partial charge is 0.292 e. The number of hydrogen-bond donors (Lipinski definition) is 0. The lowest BCUT2D eigenvalue weighted by molar-refractivity contribution is 1.32. The minimum Gasteiger partial charge on any atom is -0.292 e. The van der Waals surface area contributed by atoms with E-state index in [1.807, 2.05) is 0 Å². The van der Waals surface area contributed by atoms with Crippen LogP contribution in [-0.2, 0) is 0 Å². The summed E-state index contributed by atoms with van der Waals surface area (Å²) in [6.07, 6.45) is 0. The number of imidazole rings is 1. The van der Waals surface area contributed by atoms with E-state index >= 15 is 0 Å². The Morgan fingerprint density at radius 2 is 1.05 bits per heavy atom. The fraction of sp³-hybridized carbons (Fsp3) is 0. The van der Waals surface area contributed by atoms with E-state index in [9.17, 15) is 0 Å². The Labute approximate surface area is 236 Å². The molecule has 0 aliphatic carbocycles. The molecule has 0 N–H and O–H groups in total. The SMILES string of the molecule is c1ccc2cc(-c3ccc(-c4cc5c6ccccc6n6c7ccccc7nc6c5c5ccccc45)cc3)ccc2c1. The monoisotopic (exact) mass is 520 g/mol. The molecule has 0 spiro atoms. The summed E-state index contributed by atoms with van der Waals surface area (Å²) in [7, 11) is 0. The van der Waals surface area contributed by atoms with Crippen LogP contribution >= 0.6 is 0 Å². The molecule has 0 bridgehead atoms. The fourth-order valence-electron chi connectivity index (χ4n) is 6.61. The van der Waals surface area contributed by atoms with Gasteiger partial charge in [-0.25, -0.2) is 4.98 Å². The third kappa shape index (κ3) is 3.28. The lowest BCUT2D eigenvalue weighted by Gasteiger charge is -2.15. The predicted octanol–water partition coefficient (Wildman–Crippen LogP) is 10.4. The fourth-order valence-corrected chi connectivity index (χ4v) is 6.61. The first-order chi connectivity index (χ1) is 20.3. The minimum absolute atomic E-state index is 1.01. The number of hydrogen-bond acceptors (Lipinski definition) is 1. The van der Waals surface area contributed by atoms with Gasteiger partial charge in [-0.2, -0.15) is 0 Å². The van der Waals surface area contributed by atoms with Crippen molar-refractivity contribution in [1.82, 2.24) is 9.38 Å². The molecule has 0 amide bonds. The molecule has 41 heavy (non-hydrogen) atoms. The molecule has 0 aliphatic rings. The normalized spacial score (nSPS) is 11.9. The van der Waals surface area contributed by atoms with Gasteiger partial charge in [-0.3, -0.25) is 4.40 Å². The van der Waals surface area contributed by atoms with Crippen molar-refractivity contribution in [2.45, 2.75) is 0 Å². The van der Waals surface area contributed by atoms with Gasteiger partial charge in [-0.05, 0) is 79.5 Å². The molecule has 2 aromatic heterocycles. The third-order valence-electron chi connectivity index (χ3n) is 8.54. The van der Waals surface area contributed by atoms with Crippen LogP contribution < -0.4 is 0 Å². The molecule has 0 aliphatic heterocycles. The molecule has 0 fully saturated rings. The van der Waals surface area contributed by atoms with Gasteiger partial charge in [0, 0.05) is 10.8 Å². The lowest BCUT2D eigenvalue weighted by atomic mass is 9.91.